The normalized spacial score (nSPS) is 15.5. The highest BCUT2D eigenvalue weighted by atomic mass is 16.6. The van der Waals surface area contributed by atoms with Gasteiger partial charge < -0.3 is 20.1 Å². The highest BCUT2D eigenvalue weighted by molar-refractivity contribution is 6.00. The summed E-state index contributed by atoms with van der Waals surface area (Å²) in [6, 6.07) is 5.65. The zero-order chi connectivity index (χ0) is 23.8. The van der Waals surface area contributed by atoms with E-state index in [2.05, 4.69) is 17.2 Å². The van der Waals surface area contributed by atoms with Crippen molar-refractivity contribution < 1.29 is 28.8 Å². The van der Waals surface area contributed by atoms with Crippen LogP contribution in [0, 0.1) is 10.1 Å². The summed E-state index contributed by atoms with van der Waals surface area (Å²) in [7, 11) is 0. The van der Waals surface area contributed by atoms with Crippen molar-refractivity contribution >= 4 is 23.5 Å². The van der Waals surface area contributed by atoms with Gasteiger partial charge in [0.1, 0.15) is 0 Å². The Labute approximate surface area is 185 Å². The lowest BCUT2D eigenvalue weighted by molar-refractivity contribution is -0.384. The number of benzene rings is 1. The number of rotatable bonds is 9. The molecule has 10 nitrogen and oxygen atoms in total. The van der Waals surface area contributed by atoms with Crippen LogP contribution in [0.15, 0.2) is 59.5 Å². The average Bonchev–Trinajstić information content (AvgIpc) is 2.76. The molecule has 1 heterocycles. The number of amides is 1. The van der Waals surface area contributed by atoms with Gasteiger partial charge in [-0.05, 0) is 32.4 Å². The van der Waals surface area contributed by atoms with Crippen LogP contribution in [0.2, 0.25) is 0 Å². The second-order valence-corrected chi connectivity index (χ2v) is 6.70. The summed E-state index contributed by atoms with van der Waals surface area (Å²) in [5.41, 5.74) is 0.974. The Balaban J connectivity index is 2.74. The van der Waals surface area contributed by atoms with Crippen molar-refractivity contribution in [1.29, 1.82) is 0 Å². The van der Waals surface area contributed by atoms with Crippen LogP contribution in [-0.2, 0) is 23.9 Å². The number of hydrogen-bond donors (Lipinski definition) is 2. The maximum Gasteiger partial charge on any atom is 0.336 e. The van der Waals surface area contributed by atoms with E-state index in [0.717, 1.165) is 6.08 Å². The lowest BCUT2D eigenvalue weighted by Gasteiger charge is -2.31. The lowest BCUT2D eigenvalue weighted by atomic mass is 9.80. The third-order valence-electron chi connectivity index (χ3n) is 4.67. The predicted molar refractivity (Wildman–Crippen MR) is 115 cm³/mol. The molecule has 0 saturated carbocycles. The van der Waals surface area contributed by atoms with Crippen molar-refractivity contribution in [3.63, 3.8) is 0 Å². The Bertz CT molecular complexity index is 1010. The van der Waals surface area contributed by atoms with E-state index in [4.69, 9.17) is 9.47 Å². The van der Waals surface area contributed by atoms with Gasteiger partial charge in [-0.3, -0.25) is 14.9 Å². The largest absolute Gasteiger partial charge is 0.463 e. The molecular weight excluding hydrogens is 418 g/mol. The van der Waals surface area contributed by atoms with E-state index >= 15 is 0 Å². The van der Waals surface area contributed by atoms with Crippen LogP contribution in [0.25, 0.3) is 0 Å². The van der Waals surface area contributed by atoms with Crippen LogP contribution in [-0.4, -0.2) is 42.5 Å². The third kappa shape index (κ3) is 5.39. The van der Waals surface area contributed by atoms with Crippen LogP contribution in [0.4, 0.5) is 5.69 Å². The molecule has 0 fully saturated rings. The van der Waals surface area contributed by atoms with Gasteiger partial charge >= 0.3 is 11.9 Å². The van der Waals surface area contributed by atoms with Crippen molar-refractivity contribution in [2.45, 2.75) is 26.7 Å². The molecule has 1 aromatic carbocycles. The molecular formula is C22H25N3O7. The summed E-state index contributed by atoms with van der Waals surface area (Å²) >= 11 is 0. The van der Waals surface area contributed by atoms with E-state index in [9.17, 15) is 24.5 Å². The summed E-state index contributed by atoms with van der Waals surface area (Å²) in [5.74, 6) is -2.88. The Hall–Kier alpha value is -3.95. The van der Waals surface area contributed by atoms with Gasteiger partial charge in [0, 0.05) is 23.5 Å². The summed E-state index contributed by atoms with van der Waals surface area (Å²) in [4.78, 5) is 48.3. The van der Waals surface area contributed by atoms with Gasteiger partial charge in [0.15, 0.2) is 0 Å². The first kappa shape index (κ1) is 24.3. The topological polar surface area (TPSA) is 137 Å². The van der Waals surface area contributed by atoms with Gasteiger partial charge in [0.05, 0.1) is 41.7 Å². The SMILES string of the molecule is C=CC(=O)NCC1=C(C(=O)OCC)C(c2cccc([N+](=O)[O-])c2)C(C(=O)OCC)=C(C)N1. The molecule has 1 aliphatic heterocycles. The number of esters is 2. The first-order chi connectivity index (χ1) is 15.2. The average molecular weight is 443 g/mol. The zero-order valence-corrected chi connectivity index (χ0v) is 18.1. The lowest BCUT2D eigenvalue weighted by Crippen LogP contribution is -2.38. The number of nitro benzene ring substituents is 1. The molecule has 0 bridgehead atoms. The number of nitro groups is 1. The second kappa shape index (κ2) is 10.9. The third-order valence-corrected chi connectivity index (χ3v) is 4.67. The van der Waals surface area contributed by atoms with Crippen molar-refractivity contribution in [1.82, 2.24) is 10.6 Å². The van der Waals surface area contributed by atoms with E-state index < -0.39 is 28.7 Å². The Morgan fingerprint density at radius 1 is 1.19 bits per heavy atom. The van der Waals surface area contributed by atoms with Crippen molar-refractivity contribution in [3.05, 3.63) is 75.1 Å². The van der Waals surface area contributed by atoms with E-state index in [1.165, 1.54) is 18.2 Å². The molecule has 0 radical (unpaired) electrons. The quantitative estimate of drug-likeness (QED) is 0.257. The number of dihydropyridines is 1. The molecule has 10 heteroatoms. The molecule has 0 aliphatic carbocycles. The number of ether oxygens (including phenoxy) is 2. The van der Waals surface area contributed by atoms with Gasteiger partial charge in [-0.2, -0.15) is 0 Å². The standard InChI is InChI=1S/C22H25N3O7/c1-5-17(26)23-12-16-20(22(28)32-7-3)19(14-9-8-10-15(11-14)25(29)30)18(13(4)24-16)21(27)31-6-2/h5,8-11,19,24H,1,6-7,12H2,2-4H3,(H,23,26). The first-order valence-corrected chi connectivity index (χ1v) is 9.94. The highest BCUT2D eigenvalue weighted by Crippen LogP contribution is 2.40. The molecule has 2 N–H and O–H groups in total. The van der Waals surface area contributed by atoms with Gasteiger partial charge in [0.25, 0.3) is 5.69 Å². The number of allylic oxidation sites excluding steroid dienone is 1. The Morgan fingerprint density at radius 3 is 2.38 bits per heavy atom. The number of carbonyl (C=O) groups is 3. The molecule has 0 aromatic heterocycles. The Morgan fingerprint density at radius 2 is 1.81 bits per heavy atom. The fourth-order valence-electron chi connectivity index (χ4n) is 3.36. The van der Waals surface area contributed by atoms with Gasteiger partial charge in [-0.1, -0.05) is 18.7 Å². The smallest absolute Gasteiger partial charge is 0.336 e. The van der Waals surface area contributed by atoms with E-state index in [-0.39, 0.29) is 36.6 Å². The van der Waals surface area contributed by atoms with Crippen molar-refractivity contribution in [3.8, 4) is 0 Å². The summed E-state index contributed by atoms with van der Waals surface area (Å²) in [5, 5.41) is 16.9. The van der Waals surface area contributed by atoms with Crippen LogP contribution in [0.5, 0.6) is 0 Å². The van der Waals surface area contributed by atoms with E-state index in [0.29, 0.717) is 17.0 Å². The van der Waals surface area contributed by atoms with Gasteiger partial charge in [0.2, 0.25) is 5.91 Å². The molecule has 1 amide bonds. The molecule has 0 spiro atoms. The van der Waals surface area contributed by atoms with Crippen molar-refractivity contribution in [2.24, 2.45) is 0 Å². The fraction of sp³-hybridized carbons (Fsp3) is 0.318. The van der Waals surface area contributed by atoms with Gasteiger partial charge in [-0.25, -0.2) is 9.59 Å². The summed E-state index contributed by atoms with van der Waals surface area (Å²) in [6.45, 7) is 8.36. The predicted octanol–water partition coefficient (Wildman–Crippen LogP) is 2.24. The molecule has 0 saturated heterocycles. The number of non-ortho nitro benzene ring substituents is 1. The molecule has 32 heavy (non-hydrogen) atoms. The van der Waals surface area contributed by atoms with Crippen molar-refractivity contribution in [2.75, 3.05) is 19.8 Å². The number of nitrogens with zero attached hydrogens (tertiary/aromatic N) is 1. The van der Waals surface area contributed by atoms with Crippen LogP contribution in [0.1, 0.15) is 32.3 Å². The van der Waals surface area contributed by atoms with Gasteiger partial charge in [-0.15, -0.1) is 0 Å². The molecule has 1 unspecified atom stereocenters. The fourth-order valence-corrected chi connectivity index (χ4v) is 3.36. The Kier molecular flexibility index (Phi) is 8.28. The number of carbonyl (C=O) groups excluding carboxylic acids is 3. The maximum absolute atomic E-state index is 13.0. The highest BCUT2D eigenvalue weighted by Gasteiger charge is 2.39. The zero-order valence-electron chi connectivity index (χ0n) is 18.1. The molecule has 170 valence electrons. The molecule has 1 aliphatic rings. The van der Waals surface area contributed by atoms with E-state index in [1.54, 1.807) is 26.8 Å². The molecule has 1 atom stereocenters. The molecule has 1 aromatic rings. The number of hydrogen-bond acceptors (Lipinski definition) is 8. The molecule has 2 rings (SSSR count). The summed E-state index contributed by atoms with van der Waals surface area (Å²) in [6.07, 6.45) is 1.08. The minimum absolute atomic E-state index is 0.0466. The second-order valence-electron chi connectivity index (χ2n) is 6.70. The maximum atomic E-state index is 13.0. The first-order valence-electron chi connectivity index (χ1n) is 9.94. The van der Waals surface area contributed by atoms with Crippen LogP contribution in [0.3, 0.4) is 0 Å². The summed E-state index contributed by atoms with van der Waals surface area (Å²) < 4.78 is 10.4. The monoisotopic (exact) mass is 443 g/mol. The van der Waals surface area contributed by atoms with E-state index in [1.807, 2.05) is 0 Å². The van der Waals surface area contributed by atoms with Crippen LogP contribution >= 0.6 is 0 Å². The number of nitrogens with one attached hydrogen (secondary N) is 2. The minimum atomic E-state index is -1.01. The van der Waals surface area contributed by atoms with Crippen LogP contribution < -0.4 is 10.6 Å². The minimum Gasteiger partial charge on any atom is -0.463 e.